The van der Waals surface area contributed by atoms with E-state index in [1.807, 2.05) is 42.5 Å². The first-order valence-corrected chi connectivity index (χ1v) is 20.0. The van der Waals surface area contributed by atoms with E-state index in [4.69, 9.17) is 10.3 Å². The molecule has 1 fully saturated rings. The highest BCUT2D eigenvalue weighted by atomic mass is 19.1. The number of rotatable bonds is 5. The number of pyridine rings is 1. The fraction of sp³-hybridized carbons (Fsp3) is 0.135. The van der Waals surface area contributed by atoms with Gasteiger partial charge in [-0.15, -0.1) is 0 Å². The Morgan fingerprint density at radius 1 is 0.561 bits per heavy atom. The van der Waals surface area contributed by atoms with E-state index in [1.54, 1.807) is 6.07 Å². The topological polar surface area (TPSA) is 51.1 Å². The Hall–Kier alpha value is -6.24. The maximum absolute atomic E-state index is 15.3. The lowest BCUT2D eigenvalue weighted by molar-refractivity contribution is 0.316. The minimum atomic E-state index is -0.215. The maximum Gasteiger partial charge on any atom is 0.131 e. The van der Waals surface area contributed by atoms with Crippen molar-refractivity contribution in [2.75, 3.05) is 0 Å². The highest BCUT2D eigenvalue weighted by Gasteiger charge is 2.28. The first-order chi connectivity index (χ1) is 28.2. The normalized spacial score (nSPS) is 20.2. The third kappa shape index (κ3) is 5.89. The number of nitrogens with one attached hydrogen (secondary N) is 2. The van der Waals surface area contributed by atoms with Crippen molar-refractivity contribution in [2.24, 2.45) is 0 Å². The molecule has 7 aromatic carbocycles. The van der Waals surface area contributed by atoms with Crippen LogP contribution < -0.4 is 10.6 Å². The second-order valence-corrected chi connectivity index (χ2v) is 15.5. The third-order valence-corrected chi connectivity index (χ3v) is 12.2. The van der Waals surface area contributed by atoms with Crippen LogP contribution in [-0.2, 0) is 12.8 Å². The van der Waals surface area contributed by atoms with Gasteiger partial charge in [-0.25, -0.2) is 4.39 Å². The highest BCUT2D eigenvalue weighted by Crippen LogP contribution is 2.46. The second kappa shape index (κ2) is 14.1. The van der Waals surface area contributed by atoms with Crippen molar-refractivity contribution in [2.45, 2.75) is 43.7 Å². The van der Waals surface area contributed by atoms with Gasteiger partial charge in [0.05, 0.1) is 11.9 Å². The van der Waals surface area contributed by atoms with Gasteiger partial charge in [-0.1, -0.05) is 181 Å². The van der Waals surface area contributed by atoms with Crippen LogP contribution >= 0.6 is 0 Å². The van der Waals surface area contributed by atoms with Crippen LogP contribution in [0.1, 0.15) is 75.5 Å². The Morgan fingerprint density at radius 3 is 1.91 bits per heavy atom. The number of hydrogen-bond donors (Lipinski definition) is 2. The fourth-order valence-electron chi connectivity index (χ4n) is 9.41. The summed E-state index contributed by atoms with van der Waals surface area (Å²) in [5.74, 6) is -0.0648. The second-order valence-electron chi connectivity index (χ2n) is 15.5. The molecule has 3 aliphatic rings. The van der Waals surface area contributed by atoms with E-state index in [2.05, 4.69) is 132 Å². The zero-order valence-corrected chi connectivity index (χ0v) is 31.4. The molecule has 11 rings (SSSR count). The summed E-state index contributed by atoms with van der Waals surface area (Å²) < 4.78 is 15.3. The van der Waals surface area contributed by atoms with E-state index in [1.165, 1.54) is 38.4 Å². The van der Waals surface area contributed by atoms with Gasteiger partial charge in [-0.2, -0.15) is 0 Å². The first kappa shape index (κ1) is 34.0. The summed E-state index contributed by atoms with van der Waals surface area (Å²) in [6.07, 6.45) is 11.7. The van der Waals surface area contributed by atoms with Gasteiger partial charge in [-0.3, -0.25) is 4.98 Å². The molecule has 3 unspecified atom stereocenters. The lowest BCUT2D eigenvalue weighted by atomic mass is 9.80. The van der Waals surface area contributed by atoms with Crippen molar-refractivity contribution in [1.29, 1.82) is 0 Å². The van der Waals surface area contributed by atoms with E-state index in [0.717, 1.165) is 63.7 Å². The van der Waals surface area contributed by atoms with Crippen LogP contribution in [0.2, 0.25) is 0 Å². The minimum absolute atomic E-state index is 0.0928. The average molecular weight is 740 g/mol. The summed E-state index contributed by atoms with van der Waals surface area (Å²) in [5, 5.41) is 19.0. The lowest BCUT2D eigenvalue weighted by Crippen LogP contribution is -2.44. The number of aromatic nitrogens is 1. The van der Waals surface area contributed by atoms with E-state index < -0.39 is 0 Å². The Morgan fingerprint density at radius 2 is 1.19 bits per heavy atom. The van der Waals surface area contributed by atoms with Gasteiger partial charge in [0, 0.05) is 45.3 Å². The summed E-state index contributed by atoms with van der Waals surface area (Å²) in [4.78, 5) is 5.60. The van der Waals surface area contributed by atoms with Crippen molar-refractivity contribution in [3.8, 4) is 11.3 Å². The molecular formula is C52H40FN4-. The van der Waals surface area contributed by atoms with Crippen molar-refractivity contribution in [1.82, 2.24) is 15.6 Å². The Bertz CT molecular complexity index is 2840. The molecule has 2 aliphatic carbocycles. The molecule has 0 amide bonds. The number of allylic oxidation sites excluding steroid dienone is 2. The van der Waals surface area contributed by atoms with Crippen molar-refractivity contribution in [3.05, 3.63) is 214 Å². The van der Waals surface area contributed by atoms with Crippen LogP contribution in [-0.4, -0.2) is 4.98 Å². The van der Waals surface area contributed by atoms with Gasteiger partial charge in [0.1, 0.15) is 5.82 Å². The third-order valence-electron chi connectivity index (χ3n) is 12.2. The number of halogens is 1. The zero-order valence-electron chi connectivity index (χ0n) is 31.4. The predicted molar refractivity (Wildman–Crippen MR) is 232 cm³/mol. The number of aryl methyl sites for hydroxylation is 1. The standard InChI is InChI=1S/C52H40FN4/c53-45-30-29-43(39-19-7-10-20-40(39)45)49-48-42-22-12-9-18-38(42)37-17-8-11-21-41(37)47(48)44-28-27-36(31-46(44)54-49)32-23-25-35(26-24-32)52-56-50(33-13-3-1-4-14-33)55-51(57-52)34-15-5-2-6-16-34/h1-7,9-16,18-30,36,50-52,56-57H,8,17,31H2/q-1. The summed E-state index contributed by atoms with van der Waals surface area (Å²) >= 11 is 0. The molecule has 0 saturated carbocycles. The van der Waals surface area contributed by atoms with E-state index in [0.29, 0.717) is 5.39 Å². The monoisotopic (exact) mass is 739 g/mol. The van der Waals surface area contributed by atoms with Crippen LogP contribution in [0.4, 0.5) is 4.39 Å². The van der Waals surface area contributed by atoms with Crippen molar-refractivity contribution >= 4 is 44.5 Å². The Kier molecular flexibility index (Phi) is 8.39. The lowest BCUT2D eigenvalue weighted by Gasteiger charge is -2.50. The quantitative estimate of drug-likeness (QED) is 0.173. The Labute approximate surface area is 331 Å². The number of fused-ring (bicyclic) bond motifs is 9. The van der Waals surface area contributed by atoms with E-state index >= 15 is 4.39 Å². The molecule has 0 spiro atoms. The van der Waals surface area contributed by atoms with E-state index in [-0.39, 0.29) is 30.2 Å². The molecule has 57 heavy (non-hydrogen) atoms. The smallest absolute Gasteiger partial charge is 0.131 e. The fourth-order valence-corrected chi connectivity index (χ4v) is 9.41. The zero-order chi connectivity index (χ0) is 37.9. The molecule has 0 bridgehead atoms. The van der Waals surface area contributed by atoms with Crippen LogP contribution in [0.25, 0.3) is 61.0 Å². The van der Waals surface area contributed by atoms with Gasteiger partial charge in [0.25, 0.3) is 0 Å². The summed E-state index contributed by atoms with van der Waals surface area (Å²) in [6.45, 7) is 0. The number of benzene rings is 7. The molecule has 276 valence electrons. The number of nitrogens with zero attached hydrogens (tertiary/aromatic N) is 2. The van der Waals surface area contributed by atoms with Crippen LogP contribution in [0, 0.1) is 5.82 Å². The van der Waals surface area contributed by atoms with Gasteiger partial charge in [-0.05, 0) is 63.4 Å². The SMILES string of the molecule is Fc1ccc(-c2nc3c(c4c5c(c6ccccc6c24)CCC=C5)C=CC(c2ccc(C4NC(c5ccccc5)[N-]C(c5ccccc5)N4)cc2)C3)c2ccccc12. The molecule has 0 radical (unpaired) electrons. The highest BCUT2D eigenvalue weighted by molar-refractivity contribution is 6.21. The summed E-state index contributed by atoms with van der Waals surface area (Å²) in [7, 11) is 0. The molecular weight excluding hydrogens is 700 g/mol. The summed E-state index contributed by atoms with van der Waals surface area (Å²) in [6, 6.07) is 50.0. The summed E-state index contributed by atoms with van der Waals surface area (Å²) in [5.41, 5.74) is 11.5. The Balaban J connectivity index is 1.00. The molecule has 8 aromatic rings. The van der Waals surface area contributed by atoms with Crippen molar-refractivity contribution in [3.63, 3.8) is 0 Å². The minimum Gasteiger partial charge on any atom is -0.624 e. The molecule has 1 aliphatic heterocycles. The molecule has 2 N–H and O–H groups in total. The molecule has 1 saturated heterocycles. The van der Waals surface area contributed by atoms with Gasteiger partial charge < -0.3 is 16.0 Å². The van der Waals surface area contributed by atoms with Crippen LogP contribution in [0.5, 0.6) is 0 Å². The van der Waals surface area contributed by atoms with Crippen LogP contribution in [0.15, 0.2) is 158 Å². The molecule has 3 atom stereocenters. The van der Waals surface area contributed by atoms with E-state index in [9.17, 15) is 0 Å². The molecule has 4 nitrogen and oxygen atoms in total. The van der Waals surface area contributed by atoms with Gasteiger partial charge >= 0.3 is 0 Å². The number of hydrogen-bond acceptors (Lipinski definition) is 3. The maximum atomic E-state index is 15.3. The molecule has 2 heterocycles. The van der Waals surface area contributed by atoms with Gasteiger partial charge in [0.2, 0.25) is 0 Å². The molecule has 5 heteroatoms. The average Bonchev–Trinajstić information content (AvgIpc) is 3.29. The van der Waals surface area contributed by atoms with Gasteiger partial charge in [0.15, 0.2) is 0 Å². The van der Waals surface area contributed by atoms with Crippen molar-refractivity contribution < 1.29 is 4.39 Å². The molecule has 1 aromatic heterocycles. The van der Waals surface area contributed by atoms with Crippen LogP contribution in [0.3, 0.4) is 0 Å². The first-order valence-electron chi connectivity index (χ1n) is 20.0. The largest absolute Gasteiger partial charge is 0.624 e. The predicted octanol–water partition coefficient (Wildman–Crippen LogP) is 12.6.